The lowest BCUT2D eigenvalue weighted by Gasteiger charge is -2.19. The van der Waals surface area contributed by atoms with Gasteiger partial charge < -0.3 is 10.6 Å². The summed E-state index contributed by atoms with van der Waals surface area (Å²) >= 11 is 0. The third-order valence-corrected chi connectivity index (χ3v) is 3.44. The Hall–Kier alpha value is -2.36. The van der Waals surface area contributed by atoms with Crippen molar-refractivity contribution >= 4 is 5.96 Å². The maximum absolute atomic E-state index is 4.37. The molecule has 0 saturated heterocycles. The fourth-order valence-electron chi connectivity index (χ4n) is 2.41. The Morgan fingerprint density at radius 1 is 1.10 bits per heavy atom. The number of hydrogen-bond acceptors (Lipinski definition) is 4. The maximum Gasteiger partial charge on any atom is 0.191 e. The fourth-order valence-corrected chi connectivity index (χ4v) is 2.41. The minimum atomic E-state index is 0.273. The summed E-state index contributed by atoms with van der Waals surface area (Å²) in [6, 6.07) is 14.6. The molecule has 102 valence electrons. The number of aromatic nitrogens is 1. The predicted octanol–water partition coefficient (Wildman–Crippen LogP) is 1.76. The zero-order valence-corrected chi connectivity index (χ0v) is 11.3. The molecule has 4 nitrogen and oxygen atoms in total. The third kappa shape index (κ3) is 2.96. The predicted molar refractivity (Wildman–Crippen MR) is 80.8 cm³/mol. The van der Waals surface area contributed by atoms with E-state index in [1.807, 2.05) is 24.5 Å². The molecular weight excluding hydrogens is 248 g/mol. The second-order valence-corrected chi connectivity index (χ2v) is 4.79. The van der Waals surface area contributed by atoms with E-state index in [2.05, 4.69) is 50.9 Å². The van der Waals surface area contributed by atoms with Gasteiger partial charge in [-0.25, -0.2) is 0 Å². The summed E-state index contributed by atoms with van der Waals surface area (Å²) in [5.41, 5.74) is 2.50. The van der Waals surface area contributed by atoms with Crippen LogP contribution in [-0.2, 0) is 0 Å². The Kier molecular flexibility index (Phi) is 3.92. The van der Waals surface area contributed by atoms with E-state index in [0.717, 1.165) is 25.6 Å². The van der Waals surface area contributed by atoms with Crippen LogP contribution in [0.1, 0.15) is 17.0 Å². The number of pyridine rings is 1. The second-order valence-electron chi connectivity index (χ2n) is 4.79. The number of rotatable bonds is 4. The van der Waals surface area contributed by atoms with Crippen molar-refractivity contribution in [2.75, 3.05) is 19.6 Å². The summed E-state index contributed by atoms with van der Waals surface area (Å²) in [4.78, 5) is 8.61. The third-order valence-electron chi connectivity index (χ3n) is 3.44. The van der Waals surface area contributed by atoms with Crippen molar-refractivity contribution in [1.82, 2.24) is 15.6 Å². The Morgan fingerprint density at radius 3 is 2.65 bits per heavy atom. The zero-order valence-electron chi connectivity index (χ0n) is 11.3. The zero-order chi connectivity index (χ0) is 13.6. The van der Waals surface area contributed by atoms with Crippen LogP contribution in [0.4, 0.5) is 0 Å². The van der Waals surface area contributed by atoms with E-state index >= 15 is 0 Å². The van der Waals surface area contributed by atoms with Gasteiger partial charge in [0.15, 0.2) is 5.96 Å². The number of hydrogen-bond donors (Lipinski definition) is 2. The lowest BCUT2D eigenvalue weighted by atomic mass is 9.92. The molecule has 1 unspecified atom stereocenters. The van der Waals surface area contributed by atoms with Gasteiger partial charge in [0, 0.05) is 31.4 Å². The molecule has 1 aromatic heterocycles. The summed E-state index contributed by atoms with van der Waals surface area (Å²) in [6.07, 6.45) is 3.74. The van der Waals surface area contributed by atoms with E-state index in [4.69, 9.17) is 0 Å². The molecule has 2 N–H and O–H groups in total. The van der Waals surface area contributed by atoms with E-state index < -0.39 is 0 Å². The van der Waals surface area contributed by atoms with Crippen LogP contribution >= 0.6 is 0 Å². The first-order valence-corrected chi connectivity index (χ1v) is 6.90. The average molecular weight is 266 g/mol. The van der Waals surface area contributed by atoms with Crippen molar-refractivity contribution in [3.8, 4) is 0 Å². The lowest BCUT2D eigenvalue weighted by Crippen LogP contribution is -2.36. The summed E-state index contributed by atoms with van der Waals surface area (Å²) in [6.45, 7) is 2.58. The summed E-state index contributed by atoms with van der Waals surface area (Å²) in [5, 5.41) is 6.63. The molecule has 4 heteroatoms. The summed E-state index contributed by atoms with van der Waals surface area (Å²) < 4.78 is 0. The van der Waals surface area contributed by atoms with Crippen LogP contribution < -0.4 is 10.6 Å². The van der Waals surface area contributed by atoms with Gasteiger partial charge in [0.2, 0.25) is 0 Å². The fraction of sp³-hybridized carbons (Fsp3) is 0.250. The van der Waals surface area contributed by atoms with Gasteiger partial charge in [-0.1, -0.05) is 36.4 Å². The average Bonchev–Trinajstić information content (AvgIpc) is 3.03. The standard InChI is InChI=1S/C16H18N4/c1-2-5-13(6-3-1)15(14-7-4-8-17-11-14)12-20-16-18-9-10-19-16/h1-8,11,15H,9-10,12H2,(H2,18,19,20). The number of nitrogens with zero attached hydrogens (tertiary/aromatic N) is 2. The molecule has 3 rings (SSSR count). The van der Waals surface area contributed by atoms with Crippen molar-refractivity contribution in [1.29, 1.82) is 0 Å². The molecule has 0 saturated carbocycles. The molecule has 0 fully saturated rings. The van der Waals surface area contributed by atoms with Crippen LogP contribution in [0.2, 0.25) is 0 Å². The number of nitrogens with one attached hydrogen (secondary N) is 2. The first-order chi connectivity index (χ1) is 9.93. The van der Waals surface area contributed by atoms with Gasteiger partial charge >= 0.3 is 0 Å². The Labute approximate surface area is 119 Å². The van der Waals surface area contributed by atoms with Gasteiger partial charge in [-0.15, -0.1) is 0 Å². The van der Waals surface area contributed by atoms with Crippen LogP contribution in [0.3, 0.4) is 0 Å². The Balaban J connectivity index is 1.80. The number of benzene rings is 1. The van der Waals surface area contributed by atoms with Gasteiger partial charge in [0.1, 0.15) is 0 Å². The van der Waals surface area contributed by atoms with Gasteiger partial charge in [0.05, 0.1) is 6.54 Å². The lowest BCUT2D eigenvalue weighted by molar-refractivity contribution is 0.742. The minimum absolute atomic E-state index is 0.273. The minimum Gasteiger partial charge on any atom is -0.355 e. The molecule has 1 aliphatic heterocycles. The van der Waals surface area contributed by atoms with E-state index in [-0.39, 0.29) is 5.92 Å². The van der Waals surface area contributed by atoms with Crippen LogP contribution in [0.5, 0.6) is 0 Å². The maximum atomic E-state index is 4.37. The molecule has 1 aliphatic rings. The monoisotopic (exact) mass is 266 g/mol. The normalized spacial score (nSPS) is 15.3. The van der Waals surface area contributed by atoms with Crippen LogP contribution in [0.25, 0.3) is 0 Å². The van der Waals surface area contributed by atoms with E-state index in [9.17, 15) is 0 Å². The smallest absolute Gasteiger partial charge is 0.191 e. The molecule has 0 amide bonds. The van der Waals surface area contributed by atoms with Crippen molar-refractivity contribution in [3.05, 3.63) is 66.0 Å². The molecule has 0 spiro atoms. The van der Waals surface area contributed by atoms with Crippen molar-refractivity contribution in [3.63, 3.8) is 0 Å². The quantitative estimate of drug-likeness (QED) is 0.886. The Bertz CT molecular complexity index is 526. The second kappa shape index (κ2) is 6.19. The molecule has 2 heterocycles. The number of aliphatic imine (C=N–C) groups is 1. The highest BCUT2D eigenvalue weighted by molar-refractivity contribution is 5.81. The molecule has 20 heavy (non-hydrogen) atoms. The molecule has 0 bridgehead atoms. The van der Waals surface area contributed by atoms with Crippen LogP contribution in [-0.4, -0.2) is 30.6 Å². The number of guanidine groups is 1. The van der Waals surface area contributed by atoms with Gasteiger partial charge in [-0.3, -0.25) is 9.98 Å². The van der Waals surface area contributed by atoms with Gasteiger partial charge in [-0.2, -0.15) is 0 Å². The van der Waals surface area contributed by atoms with E-state index in [1.165, 1.54) is 11.1 Å². The summed E-state index contributed by atoms with van der Waals surface area (Å²) in [5.74, 6) is 1.17. The molecule has 1 atom stereocenters. The first kappa shape index (κ1) is 12.7. The van der Waals surface area contributed by atoms with Gasteiger partial charge in [0.25, 0.3) is 0 Å². The highest BCUT2D eigenvalue weighted by atomic mass is 15.2. The molecular formula is C16H18N4. The summed E-state index contributed by atoms with van der Waals surface area (Å²) in [7, 11) is 0. The molecule has 0 aliphatic carbocycles. The van der Waals surface area contributed by atoms with E-state index in [1.54, 1.807) is 0 Å². The van der Waals surface area contributed by atoms with Crippen LogP contribution in [0, 0.1) is 0 Å². The largest absolute Gasteiger partial charge is 0.355 e. The topological polar surface area (TPSA) is 49.3 Å². The first-order valence-electron chi connectivity index (χ1n) is 6.90. The van der Waals surface area contributed by atoms with Crippen molar-refractivity contribution in [2.45, 2.75) is 5.92 Å². The van der Waals surface area contributed by atoms with Crippen molar-refractivity contribution < 1.29 is 0 Å². The van der Waals surface area contributed by atoms with Gasteiger partial charge in [-0.05, 0) is 17.2 Å². The molecule has 2 aromatic rings. The molecule has 0 radical (unpaired) electrons. The highest BCUT2D eigenvalue weighted by Gasteiger charge is 2.15. The highest BCUT2D eigenvalue weighted by Crippen LogP contribution is 2.22. The van der Waals surface area contributed by atoms with Crippen LogP contribution in [0.15, 0.2) is 59.9 Å². The SMILES string of the molecule is c1ccc(C(CNC2=NCCN2)c2cccnc2)cc1. The Morgan fingerprint density at radius 2 is 1.95 bits per heavy atom. The molecule has 1 aromatic carbocycles. The van der Waals surface area contributed by atoms with Crippen molar-refractivity contribution in [2.24, 2.45) is 4.99 Å². The van der Waals surface area contributed by atoms with E-state index in [0.29, 0.717) is 0 Å².